The first kappa shape index (κ1) is 13.4. The van der Waals surface area contributed by atoms with Gasteiger partial charge in [0.15, 0.2) is 0 Å². The normalized spacial score (nSPS) is 12.7. The van der Waals surface area contributed by atoms with Crippen molar-refractivity contribution in [2.24, 2.45) is 0 Å². The Kier molecular flexibility index (Phi) is 3.23. The molecule has 0 aliphatic carbocycles. The number of ether oxygens (including phenoxy) is 1. The molecule has 0 bridgehead atoms. The summed E-state index contributed by atoms with van der Waals surface area (Å²) in [7, 11) is 0. The highest BCUT2D eigenvalue weighted by atomic mass is 35.5. The molecule has 1 heterocycles. The molecule has 1 N–H and O–H groups in total. The van der Waals surface area contributed by atoms with Crippen LogP contribution in [0.4, 0.5) is 5.69 Å². The van der Waals surface area contributed by atoms with Crippen molar-refractivity contribution in [2.75, 3.05) is 0 Å². The molecule has 7 heteroatoms. The highest BCUT2D eigenvalue weighted by Gasteiger charge is 2.19. The van der Waals surface area contributed by atoms with Crippen LogP contribution in [0.5, 0.6) is 11.5 Å². The van der Waals surface area contributed by atoms with Gasteiger partial charge in [0.1, 0.15) is 11.5 Å². The van der Waals surface area contributed by atoms with Gasteiger partial charge in [-0.3, -0.25) is 14.9 Å². The van der Waals surface area contributed by atoms with Gasteiger partial charge in [0, 0.05) is 24.2 Å². The standard InChI is InChI=1S/C14H9ClN2O4/c15-12-6-9(17(19)20)1-4-13(12)21-10-2-3-11-8(5-10)7-16-14(11)18/h1-6H,7H2,(H,16,18). The second-order valence-corrected chi connectivity index (χ2v) is 4.88. The third-order valence-corrected chi connectivity index (χ3v) is 3.41. The maximum absolute atomic E-state index is 11.5. The van der Waals surface area contributed by atoms with Crippen molar-refractivity contribution < 1.29 is 14.5 Å². The molecule has 0 spiro atoms. The van der Waals surface area contributed by atoms with Gasteiger partial charge in [-0.2, -0.15) is 0 Å². The fourth-order valence-electron chi connectivity index (χ4n) is 2.09. The number of benzene rings is 2. The van der Waals surface area contributed by atoms with Gasteiger partial charge in [-0.1, -0.05) is 11.6 Å². The first-order valence-corrected chi connectivity index (χ1v) is 6.45. The van der Waals surface area contributed by atoms with Crippen molar-refractivity contribution in [3.05, 3.63) is 62.7 Å². The lowest BCUT2D eigenvalue weighted by atomic mass is 10.1. The van der Waals surface area contributed by atoms with E-state index in [-0.39, 0.29) is 16.6 Å². The van der Waals surface area contributed by atoms with Crippen LogP contribution in [0.15, 0.2) is 36.4 Å². The van der Waals surface area contributed by atoms with Crippen molar-refractivity contribution in [2.45, 2.75) is 6.54 Å². The van der Waals surface area contributed by atoms with E-state index in [1.54, 1.807) is 18.2 Å². The largest absolute Gasteiger partial charge is 0.456 e. The van der Waals surface area contributed by atoms with Crippen LogP contribution < -0.4 is 10.1 Å². The van der Waals surface area contributed by atoms with Crippen LogP contribution in [0.3, 0.4) is 0 Å². The van der Waals surface area contributed by atoms with Gasteiger partial charge in [0.2, 0.25) is 0 Å². The topological polar surface area (TPSA) is 81.5 Å². The Morgan fingerprint density at radius 2 is 2.05 bits per heavy atom. The van der Waals surface area contributed by atoms with E-state index in [9.17, 15) is 14.9 Å². The summed E-state index contributed by atoms with van der Waals surface area (Å²) in [5.41, 5.74) is 1.36. The summed E-state index contributed by atoms with van der Waals surface area (Å²) in [4.78, 5) is 21.6. The molecule has 2 aromatic rings. The minimum absolute atomic E-state index is 0.101. The van der Waals surface area contributed by atoms with Gasteiger partial charge in [-0.25, -0.2) is 0 Å². The van der Waals surface area contributed by atoms with E-state index < -0.39 is 4.92 Å². The summed E-state index contributed by atoms with van der Waals surface area (Å²) in [6.07, 6.45) is 0. The molecule has 0 atom stereocenters. The van der Waals surface area contributed by atoms with E-state index in [0.717, 1.165) is 5.56 Å². The van der Waals surface area contributed by atoms with Crippen molar-refractivity contribution in [1.82, 2.24) is 5.32 Å². The minimum Gasteiger partial charge on any atom is -0.456 e. The molecule has 0 unspecified atom stereocenters. The molecule has 1 aliphatic rings. The van der Waals surface area contributed by atoms with E-state index in [2.05, 4.69) is 5.32 Å². The molecule has 0 aromatic heterocycles. The molecule has 0 radical (unpaired) electrons. The first-order valence-electron chi connectivity index (χ1n) is 6.07. The zero-order chi connectivity index (χ0) is 15.0. The summed E-state index contributed by atoms with van der Waals surface area (Å²) >= 11 is 5.97. The van der Waals surface area contributed by atoms with Gasteiger partial charge in [-0.05, 0) is 29.8 Å². The Bertz CT molecular complexity index is 761. The summed E-state index contributed by atoms with van der Waals surface area (Å²) in [6, 6.07) is 9.06. The van der Waals surface area contributed by atoms with E-state index in [4.69, 9.17) is 16.3 Å². The molecule has 106 valence electrons. The van der Waals surface area contributed by atoms with Crippen molar-refractivity contribution in [3.63, 3.8) is 0 Å². The summed E-state index contributed by atoms with van der Waals surface area (Å²) in [5.74, 6) is 0.727. The van der Waals surface area contributed by atoms with E-state index in [1.807, 2.05) is 0 Å². The average Bonchev–Trinajstić information content (AvgIpc) is 2.82. The molecule has 1 amide bonds. The first-order chi connectivity index (χ1) is 10.0. The number of halogens is 1. The number of non-ortho nitro benzene ring substituents is 1. The molecule has 0 saturated heterocycles. The Hall–Kier alpha value is -2.60. The molecule has 3 rings (SSSR count). The number of hydrogen-bond donors (Lipinski definition) is 1. The second kappa shape index (κ2) is 5.06. The molecular formula is C14H9ClN2O4. The third kappa shape index (κ3) is 2.53. The van der Waals surface area contributed by atoms with Gasteiger partial charge in [0.05, 0.1) is 9.95 Å². The maximum atomic E-state index is 11.5. The number of rotatable bonds is 3. The predicted octanol–water partition coefficient (Wildman–Crippen LogP) is 3.28. The quantitative estimate of drug-likeness (QED) is 0.697. The van der Waals surface area contributed by atoms with Crippen LogP contribution in [0.2, 0.25) is 5.02 Å². The molecule has 2 aromatic carbocycles. The lowest BCUT2D eigenvalue weighted by molar-refractivity contribution is -0.384. The van der Waals surface area contributed by atoms with Crippen LogP contribution in [-0.2, 0) is 6.54 Å². The smallest absolute Gasteiger partial charge is 0.271 e. The number of carbonyl (C=O) groups is 1. The van der Waals surface area contributed by atoms with Gasteiger partial charge in [-0.15, -0.1) is 0 Å². The Morgan fingerprint density at radius 1 is 1.24 bits per heavy atom. The number of amides is 1. The second-order valence-electron chi connectivity index (χ2n) is 4.48. The number of nitrogens with one attached hydrogen (secondary N) is 1. The number of nitro groups is 1. The lowest BCUT2D eigenvalue weighted by Crippen LogP contribution is -2.12. The number of nitrogens with zero attached hydrogens (tertiary/aromatic N) is 1. The van der Waals surface area contributed by atoms with Crippen LogP contribution in [0.1, 0.15) is 15.9 Å². The van der Waals surface area contributed by atoms with E-state index in [0.29, 0.717) is 23.6 Å². The maximum Gasteiger partial charge on any atom is 0.271 e. The van der Waals surface area contributed by atoms with Crippen LogP contribution in [0, 0.1) is 10.1 Å². The van der Waals surface area contributed by atoms with Gasteiger partial charge >= 0.3 is 0 Å². The molecule has 0 saturated carbocycles. The number of carbonyl (C=O) groups excluding carboxylic acids is 1. The summed E-state index contributed by atoms with van der Waals surface area (Å²) in [6.45, 7) is 0.458. The molecule has 21 heavy (non-hydrogen) atoms. The fourth-order valence-corrected chi connectivity index (χ4v) is 2.30. The number of hydrogen-bond acceptors (Lipinski definition) is 4. The monoisotopic (exact) mass is 304 g/mol. The summed E-state index contributed by atoms with van der Waals surface area (Å²) in [5, 5.41) is 13.5. The zero-order valence-corrected chi connectivity index (χ0v) is 11.4. The Morgan fingerprint density at radius 3 is 2.76 bits per heavy atom. The van der Waals surface area contributed by atoms with Crippen LogP contribution in [0.25, 0.3) is 0 Å². The third-order valence-electron chi connectivity index (χ3n) is 3.11. The molecule has 0 fully saturated rings. The number of nitro benzene ring substituents is 1. The van der Waals surface area contributed by atoms with Gasteiger partial charge < -0.3 is 10.1 Å². The van der Waals surface area contributed by atoms with Crippen LogP contribution >= 0.6 is 11.6 Å². The fraction of sp³-hybridized carbons (Fsp3) is 0.0714. The average molecular weight is 305 g/mol. The van der Waals surface area contributed by atoms with Crippen molar-refractivity contribution >= 4 is 23.2 Å². The molecule has 1 aliphatic heterocycles. The number of fused-ring (bicyclic) bond motifs is 1. The summed E-state index contributed by atoms with van der Waals surface area (Å²) < 4.78 is 5.61. The van der Waals surface area contributed by atoms with Crippen molar-refractivity contribution in [3.8, 4) is 11.5 Å². The Labute approximate surface area is 124 Å². The van der Waals surface area contributed by atoms with Crippen molar-refractivity contribution in [1.29, 1.82) is 0 Å². The lowest BCUT2D eigenvalue weighted by Gasteiger charge is -2.08. The van der Waals surface area contributed by atoms with E-state index in [1.165, 1.54) is 18.2 Å². The predicted molar refractivity (Wildman–Crippen MR) is 75.8 cm³/mol. The highest BCUT2D eigenvalue weighted by molar-refractivity contribution is 6.32. The molecular weight excluding hydrogens is 296 g/mol. The van der Waals surface area contributed by atoms with E-state index >= 15 is 0 Å². The zero-order valence-electron chi connectivity index (χ0n) is 10.6. The van der Waals surface area contributed by atoms with Crippen LogP contribution in [-0.4, -0.2) is 10.8 Å². The van der Waals surface area contributed by atoms with Gasteiger partial charge in [0.25, 0.3) is 11.6 Å². The highest BCUT2D eigenvalue weighted by Crippen LogP contribution is 2.33. The molecule has 6 nitrogen and oxygen atoms in total. The minimum atomic E-state index is -0.525. The SMILES string of the molecule is O=C1NCc2cc(Oc3ccc([N+](=O)[O-])cc3Cl)ccc21. The Balaban J connectivity index is 1.87.